The number of nitriles is 1. The van der Waals surface area contributed by atoms with Crippen LogP contribution in [0.15, 0.2) is 4.21 Å². The molecule has 4 nitrogen and oxygen atoms in total. The number of thiazole rings is 1. The SMILES string of the molecule is Cc1nc(C(C)C)sc1S(=O)(=S)NC#N. The summed E-state index contributed by atoms with van der Waals surface area (Å²) in [4.78, 5) is 4.28. The minimum absolute atomic E-state index is 0.273. The van der Waals surface area contributed by atoms with Crippen molar-refractivity contribution in [3.63, 3.8) is 0 Å². The van der Waals surface area contributed by atoms with E-state index in [4.69, 9.17) is 16.4 Å². The highest BCUT2D eigenvalue weighted by atomic mass is 32.8. The zero-order valence-electron chi connectivity index (χ0n) is 8.60. The first-order chi connectivity index (χ1) is 6.88. The first-order valence-electron chi connectivity index (χ1n) is 4.26. The van der Waals surface area contributed by atoms with Crippen LogP contribution in [-0.2, 0) is 19.9 Å². The van der Waals surface area contributed by atoms with Crippen LogP contribution in [0.25, 0.3) is 0 Å². The monoisotopic (exact) mass is 261 g/mol. The minimum atomic E-state index is -2.88. The molecule has 1 aromatic heterocycles. The summed E-state index contributed by atoms with van der Waals surface area (Å²) in [6, 6.07) is 0. The second-order valence-corrected chi connectivity index (χ2v) is 7.61. The maximum Gasteiger partial charge on any atom is 0.189 e. The van der Waals surface area contributed by atoms with Gasteiger partial charge in [-0.25, -0.2) is 13.9 Å². The Bertz CT molecular complexity index is 496. The fourth-order valence-electron chi connectivity index (χ4n) is 1.01. The van der Waals surface area contributed by atoms with Crippen LogP contribution in [0.5, 0.6) is 0 Å². The highest BCUT2D eigenvalue weighted by Gasteiger charge is 2.18. The number of nitrogens with one attached hydrogen (secondary N) is 1. The van der Waals surface area contributed by atoms with E-state index in [1.54, 1.807) is 13.1 Å². The molecule has 0 aliphatic carbocycles. The number of aromatic nitrogens is 1. The molecule has 0 aliphatic rings. The van der Waals surface area contributed by atoms with Gasteiger partial charge >= 0.3 is 0 Å². The Hall–Kier alpha value is -0.710. The molecule has 7 heteroatoms. The van der Waals surface area contributed by atoms with Crippen molar-refractivity contribution in [1.29, 1.82) is 5.26 Å². The zero-order chi connectivity index (χ0) is 11.6. The van der Waals surface area contributed by atoms with Crippen molar-refractivity contribution < 1.29 is 4.21 Å². The average molecular weight is 261 g/mol. The van der Waals surface area contributed by atoms with Crippen LogP contribution in [0, 0.1) is 18.4 Å². The third-order valence-corrected chi connectivity index (χ3v) is 6.11. The van der Waals surface area contributed by atoms with Crippen molar-refractivity contribution in [3.8, 4) is 6.19 Å². The quantitative estimate of drug-likeness (QED) is 0.664. The van der Waals surface area contributed by atoms with E-state index in [1.165, 1.54) is 11.3 Å². The Morgan fingerprint density at radius 1 is 1.67 bits per heavy atom. The van der Waals surface area contributed by atoms with Gasteiger partial charge in [0.2, 0.25) is 0 Å². The van der Waals surface area contributed by atoms with Crippen LogP contribution in [-0.4, -0.2) is 9.19 Å². The summed E-state index contributed by atoms with van der Waals surface area (Å²) in [5.41, 5.74) is 0.645. The van der Waals surface area contributed by atoms with Gasteiger partial charge in [0.15, 0.2) is 14.9 Å². The fraction of sp³-hybridized carbons (Fsp3) is 0.500. The van der Waals surface area contributed by atoms with Gasteiger partial charge in [0, 0.05) is 17.1 Å². The molecule has 1 aromatic rings. The fourth-order valence-corrected chi connectivity index (χ4v) is 4.05. The first-order valence-corrected chi connectivity index (χ1v) is 7.56. The molecule has 0 aromatic carbocycles. The summed E-state index contributed by atoms with van der Waals surface area (Å²) < 4.78 is 14.5. The lowest BCUT2D eigenvalue weighted by atomic mass is 10.2. The first kappa shape index (κ1) is 12.4. The van der Waals surface area contributed by atoms with Crippen LogP contribution in [0.2, 0.25) is 0 Å². The predicted octanol–water partition coefficient (Wildman–Crippen LogP) is 1.67. The smallest absolute Gasteiger partial charge is 0.189 e. The lowest BCUT2D eigenvalue weighted by Crippen LogP contribution is -2.16. The molecule has 82 valence electrons. The zero-order valence-corrected chi connectivity index (χ0v) is 11.1. The lowest BCUT2D eigenvalue weighted by molar-refractivity contribution is 0.679. The van der Waals surface area contributed by atoms with Crippen molar-refractivity contribution >= 4 is 31.2 Å². The Morgan fingerprint density at radius 2 is 2.27 bits per heavy atom. The maximum absolute atomic E-state index is 11.9. The van der Waals surface area contributed by atoms with Gasteiger partial charge in [-0.15, -0.1) is 11.3 Å². The van der Waals surface area contributed by atoms with Crippen molar-refractivity contribution in [1.82, 2.24) is 9.71 Å². The third kappa shape index (κ3) is 2.65. The standard InChI is InChI=1S/C8H11N3OS3/c1-5(2)7-11-6(3)8(14-7)15(12,13)10-4-9/h5,10H,1-3H3. The number of nitrogens with zero attached hydrogens (tertiary/aromatic N) is 2. The summed E-state index contributed by atoms with van der Waals surface area (Å²) >= 11 is 6.17. The number of aryl methyl sites for hydroxylation is 1. The Kier molecular flexibility index (Phi) is 3.65. The molecule has 0 saturated heterocycles. The molecule has 0 bridgehead atoms. The second kappa shape index (κ2) is 4.43. The summed E-state index contributed by atoms with van der Waals surface area (Å²) in [5.74, 6) is 0.273. The molecule has 0 aliphatic heterocycles. The molecule has 1 atom stereocenters. The molecular formula is C8H11N3OS3. The molecule has 0 saturated carbocycles. The van der Waals surface area contributed by atoms with E-state index in [1.807, 2.05) is 13.8 Å². The molecule has 0 spiro atoms. The van der Waals surface area contributed by atoms with Crippen LogP contribution >= 0.6 is 11.3 Å². The Morgan fingerprint density at radius 3 is 2.67 bits per heavy atom. The van der Waals surface area contributed by atoms with E-state index in [-0.39, 0.29) is 5.92 Å². The van der Waals surface area contributed by atoms with Crippen LogP contribution in [0.3, 0.4) is 0 Å². The summed E-state index contributed by atoms with van der Waals surface area (Å²) in [7, 11) is -2.88. The van der Waals surface area contributed by atoms with Gasteiger partial charge in [0.1, 0.15) is 4.21 Å². The van der Waals surface area contributed by atoms with Crippen LogP contribution in [0.4, 0.5) is 0 Å². The van der Waals surface area contributed by atoms with Gasteiger partial charge in [0.25, 0.3) is 0 Å². The van der Waals surface area contributed by atoms with Gasteiger partial charge in [-0.05, 0) is 6.92 Å². The normalized spacial score (nSPS) is 14.6. The van der Waals surface area contributed by atoms with E-state index in [0.717, 1.165) is 5.01 Å². The number of hydrogen-bond acceptors (Lipinski definition) is 5. The van der Waals surface area contributed by atoms with E-state index >= 15 is 0 Å². The van der Waals surface area contributed by atoms with Gasteiger partial charge < -0.3 is 0 Å². The lowest BCUT2D eigenvalue weighted by Gasteiger charge is -2.00. The van der Waals surface area contributed by atoms with Crippen molar-refractivity contribution in [2.75, 3.05) is 0 Å². The highest BCUT2D eigenvalue weighted by Crippen LogP contribution is 2.28. The molecular weight excluding hydrogens is 250 g/mol. The van der Waals surface area contributed by atoms with Crippen LogP contribution < -0.4 is 4.72 Å². The molecule has 15 heavy (non-hydrogen) atoms. The van der Waals surface area contributed by atoms with Gasteiger partial charge in [0.05, 0.1) is 10.7 Å². The minimum Gasteiger partial charge on any atom is -0.245 e. The van der Waals surface area contributed by atoms with Crippen molar-refractivity contribution in [2.45, 2.75) is 30.9 Å². The molecule has 1 heterocycles. The van der Waals surface area contributed by atoms with Gasteiger partial charge in [-0.2, -0.15) is 5.26 Å². The van der Waals surface area contributed by atoms with Crippen molar-refractivity contribution in [3.05, 3.63) is 10.7 Å². The summed E-state index contributed by atoms with van der Waals surface area (Å²) in [6.45, 7) is 5.76. The summed E-state index contributed by atoms with van der Waals surface area (Å²) in [5, 5.41) is 9.34. The number of hydrogen-bond donors (Lipinski definition) is 1. The van der Waals surface area contributed by atoms with Crippen molar-refractivity contribution in [2.24, 2.45) is 0 Å². The maximum atomic E-state index is 11.9. The molecule has 0 fully saturated rings. The Labute approximate surface area is 98.1 Å². The molecule has 1 N–H and O–H groups in total. The van der Waals surface area contributed by atoms with Gasteiger partial charge in [-0.3, -0.25) is 0 Å². The third-order valence-electron chi connectivity index (χ3n) is 1.69. The predicted molar refractivity (Wildman–Crippen MR) is 63.5 cm³/mol. The summed E-state index contributed by atoms with van der Waals surface area (Å²) in [6.07, 6.45) is 1.62. The molecule has 0 amide bonds. The number of rotatable bonds is 3. The molecule has 1 unspecified atom stereocenters. The molecule has 1 rings (SSSR count). The average Bonchev–Trinajstić information content (AvgIpc) is 2.47. The van der Waals surface area contributed by atoms with E-state index in [9.17, 15) is 4.21 Å². The van der Waals surface area contributed by atoms with Gasteiger partial charge in [-0.1, -0.05) is 13.8 Å². The van der Waals surface area contributed by atoms with E-state index < -0.39 is 8.68 Å². The van der Waals surface area contributed by atoms with E-state index in [2.05, 4.69) is 9.71 Å². The highest BCUT2D eigenvalue weighted by molar-refractivity contribution is 8.32. The molecule has 0 radical (unpaired) electrons. The largest absolute Gasteiger partial charge is 0.245 e. The van der Waals surface area contributed by atoms with E-state index in [0.29, 0.717) is 9.90 Å². The Balaban J connectivity index is 3.23. The van der Waals surface area contributed by atoms with Crippen LogP contribution in [0.1, 0.15) is 30.5 Å². The topological polar surface area (TPSA) is 65.8 Å². The second-order valence-electron chi connectivity index (χ2n) is 3.30.